The maximum absolute atomic E-state index is 12.6. The Balaban J connectivity index is 2.23. The van der Waals surface area contributed by atoms with Gasteiger partial charge in [-0.2, -0.15) is 11.8 Å². The lowest BCUT2D eigenvalue weighted by atomic mass is 10.0. The Morgan fingerprint density at radius 1 is 1.35 bits per heavy atom. The Morgan fingerprint density at radius 2 is 2.05 bits per heavy atom. The molecule has 0 spiro atoms. The van der Waals surface area contributed by atoms with Crippen molar-refractivity contribution in [2.45, 2.75) is 25.4 Å². The summed E-state index contributed by atoms with van der Waals surface area (Å²) in [6.45, 7) is 2.22. The summed E-state index contributed by atoms with van der Waals surface area (Å²) in [7, 11) is 0. The minimum Gasteiger partial charge on any atom is -0.339 e. The molecule has 0 aliphatic carbocycles. The number of hydrogen-bond acceptors (Lipinski definition) is 3. The second-order valence-corrected chi connectivity index (χ2v) is 5.81. The zero-order chi connectivity index (χ0) is 14.5. The molecular formula is C15H20N2O2S. The number of rotatable bonds is 5. The van der Waals surface area contributed by atoms with Crippen LogP contribution in [0.25, 0.3) is 0 Å². The van der Waals surface area contributed by atoms with Crippen LogP contribution in [0.15, 0.2) is 30.3 Å². The number of hydrogen-bond donors (Lipinski definition) is 1. The van der Waals surface area contributed by atoms with Gasteiger partial charge in [0.1, 0.15) is 6.04 Å². The van der Waals surface area contributed by atoms with E-state index >= 15 is 0 Å². The number of carbonyl (C=O) groups excluding carboxylic acids is 2. The van der Waals surface area contributed by atoms with Crippen molar-refractivity contribution in [3.8, 4) is 0 Å². The van der Waals surface area contributed by atoms with Crippen LogP contribution in [-0.4, -0.2) is 41.3 Å². The molecule has 20 heavy (non-hydrogen) atoms. The van der Waals surface area contributed by atoms with E-state index in [1.165, 1.54) is 0 Å². The highest BCUT2D eigenvalue weighted by Gasteiger charge is 2.36. The third-order valence-electron chi connectivity index (χ3n) is 3.55. The van der Waals surface area contributed by atoms with Crippen molar-refractivity contribution in [1.29, 1.82) is 0 Å². The van der Waals surface area contributed by atoms with Gasteiger partial charge in [-0.05, 0) is 18.2 Å². The third kappa shape index (κ3) is 3.15. The summed E-state index contributed by atoms with van der Waals surface area (Å²) in [5.74, 6) is 0.770. The van der Waals surface area contributed by atoms with Crippen molar-refractivity contribution in [3.63, 3.8) is 0 Å². The first-order valence-electron chi connectivity index (χ1n) is 6.81. The van der Waals surface area contributed by atoms with Gasteiger partial charge < -0.3 is 10.2 Å². The summed E-state index contributed by atoms with van der Waals surface area (Å²) in [6, 6.07) is 8.99. The Kier molecular flexibility index (Phi) is 5.06. The smallest absolute Gasteiger partial charge is 0.250 e. The molecule has 1 heterocycles. The molecule has 1 aromatic carbocycles. The van der Waals surface area contributed by atoms with E-state index in [9.17, 15) is 9.59 Å². The number of benzene rings is 1. The van der Waals surface area contributed by atoms with Crippen molar-refractivity contribution in [3.05, 3.63) is 35.9 Å². The average molecular weight is 292 g/mol. The minimum absolute atomic E-state index is 0.00306. The number of piperazine rings is 1. The van der Waals surface area contributed by atoms with Gasteiger partial charge in [-0.15, -0.1) is 0 Å². The summed E-state index contributed by atoms with van der Waals surface area (Å²) in [5, 5.41) is 2.80. The first-order valence-corrected chi connectivity index (χ1v) is 8.20. The molecule has 2 rings (SSSR count). The summed E-state index contributed by atoms with van der Waals surface area (Å²) in [5.41, 5.74) is 0.842. The van der Waals surface area contributed by atoms with Gasteiger partial charge in [-0.1, -0.05) is 37.3 Å². The molecular weight excluding hydrogens is 272 g/mol. The fourth-order valence-electron chi connectivity index (χ4n) is 2.47. The van der Waals surface area contributed by atoms with E-state index in [2.05, 4.69) is 12.2 Å². The molecule has 1 aliphatic heterocycles. The van der Waals surface area contributed by atoms with Crippen molar-refractivity contribution < 1.29 is 9.59 Å². The van der Waals surface area contributed by atoms with E-state index in [1.54, 1.807) is 16.7 Å². The molecule has 0 bridgehead atoms. The van der Waals surface area contributed by atoms with Crippen LogP contribution in [0, 0.1) is 0 Å². The monoisotopic (exact) mass is 292 g/mol. The first kappa shape index (κ1) is 14.9. The van der Waals surface area contributed by atoms with E-state index < -0.39 is 6.04 Å². The quantitative estimate of drug-likeness (QED) is 0.900. The molecule has 2 atom stereocenters. The number of carbonyl (C=O) groups is 2. The lowest BCUT2D eigenvalue weighted by molar-refractivity contribution is -0.146. The topological polar surface area (TPSA) is 49.4 Å². The van der Waals surface area contributed by atoms with Crippen LogP contribution >= 0.6 is 11.8 Å². The van der Waals surface area contributed by atoms with Crippen LogP contribution in [0.5, 0.6) is 0 Å². The van der Waals surface area contributed by atoms with E-state index in [0.717, 1.165) is 17.7 Å². The zero-order valence-corrected chi connectivity index (χ0v) is 12.7. The number of nitrogens with one attached hydrogen (secondary N) is 1. The summed E-state index contributed by atoms with van der Waals surface area (Å²) in [4.78, 5) is 26.3. The molecule has 5 heteroatoms. The largest absolute Gasteiger partial charge is 0.339 e. The van der Waals surface area contributed by atoms with Crippen LogP contribution in [0.3, 0.4) is 0 Å². The predicted molar refractivity (Wildman–Crippen MR) is 81.5 cm³/mol. The van der Waals surface area contributed by atoms with Gasteiger partial charge in [0.15, 0.2) is 0 Å². The van der Waals surface area contributed by atoms with E-state index in [0.29, 0.717) is 0 Å². The molecule has 1 saturated heterocycles. The maximum atomic E-state index is 12.6. The van der Waals surface area contributed by atoms with Crippen LogP contribution in [0.4, 0.5) is 0 Å². The standard InChI is InChI=1S/C15H20N2O2S/c1-3-12(10-20-2)17-9-13(18)16-14(15(17)19)11-7-5-4-6-8-11/h4-8,12,14H,3,9-10H2,1-2H3,(H,16,18). The van der Waals surface area contributed by atoms with E-state index in [-0.39, 0.29) is 24.4 Å². The van der Waals surface area contributed by atoms with E-state index in [1.807, 2.05) is 36.6 Å². The normalized spacial score (nSPS) is 20.7. The van der Waals surface area contributed by atoms with Crippen LogP contribution < -0.4 is 5.32 Å². The van der Waals surface area contributed by atoms with Crippen molar-refractivity contribution in [2.24, 2.45) is 0 Å². The fraction of sp³-hybridized carbons (Fsp3) is 0.467. The highest BCUT2D eigenvalue weighted by atomic mass is 32.2. The van der Waals surface area contributed by atoms with Crippen molar-refractivity contribution >= 4 is 23.6 Å². The molecule has 1 aliphatic rings. The van der Waals surface area contributed by atoms with E-state index in [4.69, 9.17) is 0 Å². The van der Waals surface area contributed by atoms with Gasteiger partial charge >= 0.3 is 0 Å². The predicted octanol–water partition coefficient (Wildman–Crippen LogP) is 1.83. The van der Waals surface area contributed by atoms with Gasteiger partial charge in [-0.25, -0.2) is 0 Å². The summed E-state index contributed by atoms with van der Waals surface area (Å²) < 4.78 is 0. The van der Waals surface area contributed by atoms with Gasteiger partial charge in [0.05, 0.1) is 6.54 Å². The second kappa shape index (κ2) is 6.79. The average Bonchev–Trinajstić information content (AvgIpc) is 2.48. The molecule has 108 valence electrons. The number of thioether (sulfide) groups is 1. The molecule has 0 radical (unpaired) electrons. The van der Waals surface area contributed by atoms with Gasteiger partial charge in [0, 0.05) is 11.8 Å². The SMILES string of the molecule is CCC(CSC)N1CC(=O)NC(c2ccccc2)C1=O. The maximum Gasteiger partial charge on any atom is 0.250 e. The lowest BCUT2D eigenvalue weighted by Gasteiger charge is -2.37. The van der Waals surface area contributed by atoms with Gasteiger partial charge in [0.2, 0.25) is 5.91 Å². The molecule has 0 aromatic heterocycles. The molecule has 4 nitrogen and oxygen atoms in total. The van der Waals surface area contributed by atoms with Crippen molar-refractivity contribution in [2.75, 3.05) is 18.6 Å². The summed E-state index contributed by atoms with van der Waals surface area (Å²) in [6.07, 6.45) is 2.88. The zero-order valence-electron chi connectivity index (χ0n) is 11.8. The third-order valence-corrected chi connectivity index (χ3v) is 4.27. The highest BCUT2D eigenvalue weighted by Crippen LogP contribution is 2.22. The lowest BCUT2D eigenvalue weighted by Crippen LogP contribution is -2.57. The molecule has 1 fully saturated rings. The number of amides is 2. The Hall–Kier alpha value is -1.49. The molecule has 2 unspecified atom stereocenters. The first-order chi connectivity index (χ1) is 9.67. The number of nitrogens with zero attached hydrogens (tertiary/aromatic N) is 1. The fourth-order valence-corrected chi connectivity index (χ4v) is 3.27. The van der Waals surface area contributed by atoms with Crippen LogP contribution in [0.2, 0.25) is 0 Å². The van der Waals surface area contributed by atoms with Crippen LogP contribution in [-0.2, 0) is 9.59 Å². The highest BCUT2D eigenvalue weighted by molar-refractivity contribution is 7.98. The van der Waals surface area contributed by atoms with Gasteiger partial charge in [-0.3, -0.25) is 9.59 Å². The van der Waals surface area contributed by atoms with Crippen LogP contribution in [0.1, 0.15) is 24.9 Å². The molecule has 1 aromatic rings. The minimum atomic E-state index is -0.548. The Labute approximate surface area is 123 Å². The summed E-state index contributed by atoms with van der Waals surface area (Å²) >= 11 is 1.70. The Morgan fingerprint density at radius 3 is 2.65 bits per heavy atom. The Bertz CT molecular complexity index is 478. The van der Waals surface area contributed by atoms with Gasteiger partial charge in [0.25, 0.3) is 5.91 Å². The molecule has 1 N–H and O–H groups in total. The molecule has 2 amide bonds. The van der Waals surface area contributed by atoms with Crippen molar-refractivity contribution in [1.82, 2.24) is 10.2 Å². The second-order valence-electron chi connectivity index (χ2n) is 4.89. The molecule has 0 saturated carbocycles.